The molecule has 7 nitrogen and oxygen atoms in total. The van der Waals surface area contributed by atoms with Crippen molar-refractivity contribution in [3.63, 3.8) is 0 Å². The van der Waals surface area contributed by atoms with Crippen molar-refractivity contribution in [3.8, 4) is 11.4 Å². The Labute approximate surface area is 170 Å². The molecule has 3 aromatic rings. The van der Waals surface area contributed by atoms with Crippen molar-refractivity contribution in [2.45, 2.75) is 39.2 Å². The molecule has 3 heterocycles. The fraction of sp³-hybridized carbons (Fsp3) is 0.409. The van der Waals surface area contributed by atoms with Crippen molar-refractivity contribution < 1.29 is 13.7 Å². The number of carbonyl (C=O) groups excluding carboxylic acids is 1. The molecule has 0 saturated carbocycles. The first-order chi connectivity index (χ1) is 14.1. The number of nitrogens with one attached hydrogen (secondary N) is 1. The molecular weight excluding hydrogens is 368 g/mol. The quantitative estimate of drug-likeness (QED) is 0.682. The average molecular weight is 394 g/mol. The predicted molar refractivity (Wildman–Crippen MR) is 110 cm³/mol. The summed E-state index contributed by atoms with van der Waals surface area (Å²) in [5, 5.41) is 6.82. The van der Waals surface area contributed by atoms with Gasteiger partial charge in [-0.05, 0) is 62.1 Å². The lowest BCUT2D eigenvalue weighted by molar-refractivity contribution is 0.0895. The lowest BCUT2D eigenvalue weighted by atomic mass is 9.98. The Kier molecular flexibility index (Phi) is 5.64. The third-order valence-electron chi connectivity index (χ3n) is 5.36. The normalized spacial score (nSPS) is 16.0. The number of rotatable bonds is 6. The van der Waals surface area contributed by atoms with Crippen LogP contribution < -0.4 is 10.2 Å². The fourth-order valence-corrected chi connectivity index (χ4v) is 3.59. The van der Waals surface area contributed by atoms with Crippen LogP contribution in [-0.4, -0.2) is 35.2 Å². The topological polar surface area (TPSA) is 84.4 Å². The van der Waals surface area contributed by atoms with Crippen LogP contribution in [0.25, 0.3) is 11.4 Å². The molecule has 4 rings (SSSR count). The maximum absolute atomic E-state index is 12.4. The number of piperidine rings is 1. The molecule has 152 valence electrons. The van der Waals surface area contributed by atoms with Gasteiger partial charge in [-0.25, -0.2) is 0 Å². The Morgan fingerprint density at radius 3 is 2.69 bits per heavy atom. The zero-order valence-corrected chi connectivity index (χ0v) is 16.8. The molecule has 7 heteroatoms. The first kappa shape index (κ1) is 19.2. The van der Waals surface area contributed by atoms with Crippen molar-refractivity contribution in [1.82, 2.24) is 15.5 Å². The van der Waals surface area contributed by atoms with Crippen LogP contribution in [-0.2, 0) is 6.42 Å². The van der Waals surface area contributed by atoms with Gasteiger partial charge in [-0.3, -0.25) is 4.79 Å². The first-order valence-corrected chi connectivity index (χ1v) is 10.1. The van der Waals surface area contributed by atoms with E-state index in [9.17, 15) is 4.79 Å². The van der Waals surface area contributed by atoms with E-state index < -0.39 is 0 Å². The SMILES string of the molecule is CC1CCN(c2ccc(-c3noc(C(=O)N[C@H](C)Cc4ccco4)n3)cc2)CC1. The minimum atomic E-state index is -0.387. The lowest BCUT2D eigenvalue weighted by Gasteiger charge is -2.32. The van der Waals surface area contributed by atoms with E-state index in [1.807, 2.05) is 31.2 Å². The van der Waals surface area contributed by atoms with Gasteiger partial charge in [0.1, 0.15) is 5.76 Å². The van der Waals surface area contributed by atoms with Crippen LogP contribution in [0.5, 0.6) is 0 Å². The van der Waals surface area contributed by atoms with Crippen LogP contribution in [0.3, 0.4) is 0 Å². The van der Waals surface area contributed by atoms with Crippen molar-refractivity contribution >= 4 is 11.6 Å². The third-order valence-corrected chi connectivity index (χ3v) is 5.36. The second kappa shape index (κ2) is 8.51. The molecule has 1 aliphatic rings. The van der Waals surface area contributed by atoms with E-state index >= 15 is 0 Å². The molecular formula is C22H26N4O3. The van der Waals surface area contributed by atoms with Crippen molar-refractivity contribution in [3.05, 3.63) is 54.3 Å². The number of amides is 1. The summed E-state index contributed by atoms with van der Waals surface area (Å²) in [6, 6.07) is 11.7. The highest BCUT2D eigenvalue weighted by Crippen LogP contribution is 2.25. The number of hydrogen-bond acceptors (Lipinski definition) is 6. The van der Waals surface area contributed by atoms with Crippen LogP contribution in [0.4, 0.5) is 5.69 Å². The molecule has 0 aliphatic carbocycles. The number of benzene rings is 1. The van der Waals surface area contributed by atoms with Gasteiger partial charge in [0.15, 0.2) is 0 Å². The standard InChI is InChI=1S/C22H26N4O3/c1-15-9-11-26(12-10-15)18-7-5-17(6-8-18)20-24-22(29-25-20)21(27)23-16(2)14-19-4-3-13-28-19/h3-8,13,15-16H,9-12,14H2,1-2H3,(H,23,27)/t16-/m1/s1. The number of carbonyl (C=O) groups is 1. The maximum Gasteiger partial charge on any atom is 0.316 e. The van der Waals surface area contributed by atoms with E-state index in [4.69, 9.17) is 8.94 Å². The van der Waals surface area contributed by atoms with E-state index in [1.54, 1.807) is 6.26 Å². The smallest absolute Gasteiger partial charge is 0.316 e. The van der Waals surface area contributed by atoms with Gasteiger partial charge in [-0.1, -0.05) is 12.1 Å². The minimum Gasteiger partial charge on any atom is -0.469 e. The second-order valence-electron chi connectivity index (χ2n) is 7.80. The Balaban J connectivity index is 1.37. The molecule has 0 bridgehead atoms. The van der Waals surface area contributed by atoms with E-state index in [-0.39, 0.29) is 17.8 Å². The summed E-state index contributed by atoms with van der Waals surface area (Å²) in [5.74, 6) is 1.60. The van der Waals surface area contributed by atoms with Gasteiger partial charge in [0.2, 0.25) is 5.82 Å². The molecule has 1 saturated heterocycles. The van der Waals surface area contributed by atoms with E-state index in [0.29, 0.717) is 12.2 Å². The number of nitrogens with zero attached hydrogens (tertiary/aromatic N) is 3. The summed E-state index contributed by atoms with van der Waals surface area (Å²) in [5.41, 5.74) is 2.03. The molecule has 1 aromatic carbocycles. The van der Waals surface area contributed by atoms with Gasteiger partial charge in [-0.15, -0.1) is 0 Å². The maximum atomic E-state index is 12.4. The van der Waals surface area contributed by atoms with Gasteiger partial charge < -0.3 is 19.2 Å². The van der Waals surface area contributed by atoms with Crippen LogP contribution in [0.15, 0.2) is 51.6 Å². The van der Waals surface area contributed by atoms with Crippen molar-refractivity contribution in [2.24, 2.45) is 5.92 Å². The number of furan rings is 1. The molecule has 1 aliphatic heterocycles. The van der Waals surface area contributed by atoms with Crippen LogP contribution in [0, 0.1) is 5.92 Å². The largest absolute Gasteiger partial charge is 0.469 e. The zero-order valence-electron chi connectivity index (χ0n) is 16.8. The molecule has 1 amide bonds. The molecule has 0 radical (unpaired) electrons. The van der Waals surface area contributed by atoms with Gasteiger partial charge >= 0.3 is 11.8 Å². The number of anilines is 1. The Hall–Kier alpha value is -3.09. The molecule has 29 heavy (non-hydrogen) atoms. The van der Waals surface area contributed by atoms with Crippen molar-refractivity contribution in [1.29, 1.82) is 0 Å². The van der Waals surface area contributed by atoms with Crippen LogP contribution >= 0.6 is 0 Å². The molecule has 2 aromatic heterocycles. The number of aromatic nitrogens is 2. The molecule has 1 fully saturated rings. The van der Waals surface area contributed by atoms with E-state index in [2.05, 4.69) is 39.4 Å². The predicted octanol–water partition coefficient (Wildman–Crippen LogP) is 3.93. The summed E-state index contributed by atoms with van der Waals surface area (Å²) in [7, 11) is 0. The third kappa shape index (κ3) is 4.67. The van der Waals surface area contributed by atoms with Crippen molar-refractivity contribution in [2.75, 3.05) is 18.0 Å². The van der Waals surface area contributed by atoms with Gasteiger partial charge in [-0.2, -0.15) is 4.98 Å². The molecule has 1 N–H and O–H groups in total. The summed E-state index contributed by atoms with van der Waals surface area (Å²) in [4.78, 5) is 19.0. The molecule has 0 unspecified atom stereocenters. The monoisotopic (exact) mass is 394 g/mol. The van der Waals surface area contributed by atoms with Gasteiger partial charge in [0, 0.05) is 36.8 Å². The first-order valence-electron chi connectivity index (χ1n) is 10.1. The number of hydrogen-bond donors (Lipinski definition) is 1. The van der Waals surface area contributed by atoms with E-state index in [0.717, 1.165) is 30.3 Å². The minimum absolute atomic E-state index is 0.0413. The summed E-state index contributed by atoms with van der Waals surface area (Å²) in [6.07, 6.45) is 4.66. The summed E-state index contributed by atoms with van der Waals surface area (Å²) in [6.45, 7) is 6.38. The fourth-order valence-electron chi connectivity index (χ4n) is 3.59. The van der Waals surface area contributed by atoms with Crippen LogP contribution in [0.2, 0.25) is 0 Å². The van der Waals surface area contributed by atoms with Crippen LogP contribution in [0.1, 0.15) is 43.1 Å². The zero-order chi connectivity index (χ0) is 20.2. The van der Waals surface area contributed by atoms with Gasteiger partial charge in [0.25, 0.3) is 0 Å². The highest BCUT2D eigenvalue weighted by atomic mass is 16.5. The summed E-state index contributed by atoms with van der Waals surface area (Å²) < 4.78 is 10.5. The Morgan fingerprint density at radius 2 is 2.00 bits per heavy atom. The average Bonchev–Trinajstić information content (AvgIpc) is 3.41. The highest BCUT2D eigenvalue weighted by molar-refractivity contribution is 5.90. The highest BCUT2D eigenvalue weighted by Gasteiger charge is 2.20. The Morgan fingerprint density at radius 1 is 1.24 bits per heavy atom. The lowest BCUT2D eigenvalue weighted by Crippen LogP contribution is -2.34. The second-order valence-corrected chi connectivity index (χ2v) is 7.80. The Bertz CT molecular complexity index is 925. The summed E-state index contributed by atoms with van der Waals surface area (Å²) >= 11 is 0. The van der Waals surface area contributed by atoms with Gasteiger partial charge in [0.05, 0.1) is 6.26 Å². The van der Waals surface area contributed by atoms with E-state index in [1.165, 1.54) is 18.5 Å². The molecule has 0 spiro atoms. The molecule has 1 atom stereocenters.